The average molecular weight is 301 g/mol. The highest BCUT2D eigenvalue weighted by atomic mass is 16.5. The monoisotopic (exact) mass is 301 g/mol. The first kappa shape index (κ1) is 14.4. The lowest BCUT2D eigenvalue weighted by atomic mass is 10.0. The van der Waals surface area contributed by atoms with Gasteiger partial charge in [0.15, 0.2) is 0 Å². The van der Waals surface area contributed by atoms with Crippen LogP contribution in [0, 0.1) is 0 Å². The fraction of sp³-hybridized carbons (Fsp3) is 0.375. The summed E-state index contributed by atoms with van der Waals surface area (Å²) in [4.78, 5) is 14.6. The molecule has 22 heavy (non-hydrogen) atoms. The van der Waals surface area contributed by atoms with E-state index in [9.17, 15) is 4.79 Å². The van der Waals surface area contributed by atoms with Crippen LogP contribution in [0.3, 0.4) is 0 Å². The molecule has 0 atom stereocenters. The summed E-state index contributed by atoms with van der Waals surface area (Å²) < 4.78 is 10.7. The molecule has 1 saturated heterocycles. The molecule has 1 N–H and O–H groups in total. The van der Waals surface area contributed by atoms with E-state index in [0.717, 1.165) is 31.6 Å². The molecule has 1 aliphatic heterocycles. The molecule has 0 bridgehead atoms. The van der Waals surface area contributed by atoms with E-state index in [4.69, 9.17) is 9.47 Å². The zero-order chi connectivity index (χ0) is 15.5. The molecule has 1 aromatic carbocycles. The largest absolute Gasteiger partial charge is 0.497 e. The van der Waals surface area contributed by atoms with E-state index >= 15 is 0 Å². The zero-order valence-electron chi connectivity index (χ0n) is 12.8. The van der Waals surface area contributed by atoms with Gasteiger partial charge in [0.05, 0.1) is 31.7 Å². The molecule has 6 nitrogen and oxygen atoms in total. The fourth-order valence-electron chi connectivity index (χ4n) is 2.86. The number of anilines is 1. The minimum atomic E-state index is -0.226. The predicted molar refractivity (Wildman–Crippen MR) is 84.8 cm³/mol. The second-order valence-corrected chi connectivity index (χ2v) is 5.22. The van der Waals surface area contributed by atoms with Crippen molar-refractivity contribution < 1.29 is 9.47 Å². The molecule has 6 heteroatoms. The molecular formula is C16H19N3O3. The van der Waals surface area contributed by atoms with Crippen LogP contribution in [0.1, 0.15) is 12.8 Å². The van der Waals surface area contributed by atoms with Crippen molar-refractivity contribution in [3.8, 4) is 22.6 Å². The van der Waals surface area contributed by atoms with Gasteiger partial charge in [-0.3, -0.25) is 4.79 Å². The summed E-state index contributed by atoms with van der Waals surface area (Å²) in [5, 5.41) is 6.48. The number of aromatic nitrogens is 2. The lowest BCUT2D eigenvalue weighted by molar-refractivity contribution is 0.404. The topological polar surface area (TPSA) is 67.5 Å². The van der Waals surface area contributed by atoms with Crippen LogP contribution in [0.4, 0.5) is 5.69 Å². The van der Waals surface area contributed by atoms with Gasteiger partial charge in [0, 0.05) is 18.7 Å². The molecule has 0 amide bonds. The van der Waals surface area contributed by atoms with Gasteiger partial charge in [-0.1, -0.05) is 0 Å². The molecule has 2 aromatic rings. The van der Waals surface area contributed by atoms with Crippen LogP contribution in [0.15, 0.2) is 29.2 Å². The molecule has 116 valence electrons. The summed E-state index contributed by atoms with van der Waals surface area (Å²) in [5.41, 5.74) is 1.91. The van der Waals surface area contributed by atoms with Crippen molar-refractivity contribution in [2.75, 3.05) is 32.2 Å². The highest BCUT2D eigenvalue weighted by Gasteiger charge is 2.22. The smallest absolute Gasteiger partial charge is 0.274 e. The third-order valence-corrected chi connectivity index (χ3v) is 3.96. The minimum Gasteiger partial charge on any atom is -0.497 e. The third-order valence-electron chi connectivity index (χ3n) is 3.96. The fourth-order valence-corrected chi connectivity index (χ4v) is 2.86. The molecule has 0 spiro atoms. The molecule has 2 heterocycles. The van der Waals surface area contributed by atoms with E-state index in [1.807, 2.05) is 18.2 Å². The SMILES string of the molecule is COc1ccc(OC)c(-c2c(N3CCCC3)cn[nH]c2=O)c1. The average Bonchev–Trinajstić information content (AvgIpc) is 3.08. The molecule has 1 aliphatic rings. The van der Waals surface area contributed by atoms with Gasteiger partial charge in [-0.15, -0.1) is 0 Å². The summed E-state index contributed by atoms with van der Waals surface area (Å²) in [6, 6.07) is 5.44. The summed E-state index contributed by atoms with van der Waals surface area (Å²) in [5.74, 6) is 1.32. The standard InChI is InChI=1S/C16H19N3O3/c1-21-11-5-6-14(22-2)12(9-11)15-13(10-17-18-16(15)20)19-7-3-4-8-19/h5-6,9-10H,3-4,7-8H2,1-2H3,(H,18,20). The van der Waals surface area contributed by atoms with Crippen LogP contribution in [0.25, 0.3) is 11.1 Å². The first-order chi connectivity index (χ1) is 10.7. The summed E-state index contributed by atoms with van der Waals surface area (Å²) in [7, 11) is 3.19. The summed E-state index contributed by atoms with van der Waals surface area (Å²) in [6.45, 7) is 1.87. The van der Waals surface area contributed by atoms with Gasteiger partial charge in [0.25, 0.3) is 5.56 Å². The molecule has 0 saturated carbocycles. The normalized spacial score (nSPS) is 14.2. The number of H-pyrrole nitrogens is 1. The van der Waals surface area contributed by atoms with Gasteiger partial charge in [-0.2, -0.15) is 5.10 Å². The number of hydrogen-bond donors (Lipinski definition) is 1. The Bertz CT molecular complexity index is 721. The van der Waals surface area contributed by atoms with Crippen molar-refractivity contribution in [1.29, 1.82) is 0 Å². The Kier molecular flexibility index (Phi) is 4.00. The molecule has 0 aliphatic carbocycles. The first-order valence-electron chi connectivity index (χ1n) is 7.29. The van der Waals surface area contributed by atoms with Crippen molar-refractivity contribution >= 4 is 5.69 Å². The highest BCUT2D eigenvalue weighted by molar-refractivity contribution is 5.82. The van der Waals surface area contributed by atoms with Crippen LogP contribution in [-0.4, -0.2) is 37.5 Å². The Hall–Kier alpha value is -2.50. The Morgan fingerprint density at radius 1 is 1.18 bits per heavy atom. The molecule has 0 unspecified atom stereocenters. The van der Waals surface area contributed by atoms with E-state index in [0.29, 0.717) is 22.6 Å². The van der Waals surface area contributed by atoms with Crippen LogP contribution in [0.5, 0.6) is 11.5 Å². The molecular weight excluding hydrogens is 282 g/mol. The first-order valence-corrected chi connectivity index (χ1v) is 7.29. The van der Waals surface area contributed by atoms with Crippen molar-refractivity contribution in [2.24, 2.45) is 0 Å². The Morgan fingerprint density at radius 2 is 1.95 bits per heavy atom. The molecule has 1 aromatic heterocycles. The number of rotatable bonds is 4. The summed E-state index contributed by atoms with van der Waals surface area (Å²) in [6.07, 6.45) is 3.96. The van der Waals surface area contributed by atoms with Crippen LogP contribution >= 0.6 is 0 Å². The van der Waals surface area contributed by atoms with Gasteiger partial charge in [0.2, 0.25) is 0 Å². The van der Waals surface area contributed by atoms with Gasteiger partial charge >= 0.3 is 0 Å². The number of hydrogen-bond acceptors (Lipinski definition) is 5. The number of aromatic amines is 1. The van der Waals surface area contributed by atoms with Crippen molar-refractivity contribution in [2.45, 2.75) is 12.8 Å². The van der Waals surface area contributed by atoms with Crippen molar-refractivity contribution in [1.82, 2.24) is 10.2 Å². The third kappa shape index (κ3) is 2.52. The Morgan fingerprint density at radius 3 is 2.64 bits per heavy atom. The number of ether oxygens (including phenoxy) is 2. The number of nitrogens with one attached hydrogen (secondary N) is 1. The highest BCUT2D eigenvalue weighted by Crippen LogP contribution is 2.37. The van der Waals surface area contributed by atoms with Crippen LogP contribution in [0.2, 0.25) is 0 Å². The van der Waals surface area contributed by atoms with Crippen LogP contribution in [-0.2, 0) is 0 Å². The maximum absolute atomic E-state index is 12.4. The Labute approximate surface area is 128 Å². The van der Waals surface area contributed by atoms with E-state index in [1.54, 1.807) is 20.4 Å². The van der Waals surface area contributed by atoms with Gasteiger partial charge in [-0.05, 0) is 31.0 Å². The maximum atomic E-state index is 12.4. The van der Waals surface area contributed by atoms with Crippen LogP contribution < -0.4 is 19.9 Å². The second kappa shape index (κ2) is 6.09. The molecule has 3 rings (SSSR count). The van der Waals surface area contributed by atoms with Gasteiger partial charge in [0.1, 0.15) is 11.5 Å². The zero-order valence-corrected chi connectivity index (χ0v) is 12.8. The van der Waals surface area contributed by atoms with E-state index in [2.05, 4.69) is 15.1 Å². The molecule has 0 radical (unpaired) electrons. The second-order valence-electron chi connectivity index (χ2n) is 5.22. The van der Waals surface area contributed by atoms with Crippen molar-refractivity contribution in [3.63, 3.8) is 0 Å². The van der Waals surface area contributed by atoms with Gasteiger partial charge < -0.3 is 14.4 Å². The van der Waals surface area contributed by atoms with Gasteiger partial charge in [-0.25, -0.2) is 5.10 Å². The van der Waals surface area contributed by atoms with E-state index in [-0.39, 0.29) is 5.56 Å². The van der Waals surface area contributed by atoms with E-state index < -0.39 is 0 Å². The Balaban J connectivity index is 2.21. The predicted octanol–water partition coefficient (Wildman–Crippen LogP) is 2.05. The van der Waals surface area contributed by atoms with E-state index in [1.165, 1.54) is 0 Å². The summed E-state index contributed by atoms with van der Waals surface area (Å²) >= 11 is 0. The number of nitrogens with zero attached hydrogens (tertiary/aromatic N) is 2. The quantitative estimate of drug-likeness (QED) is 0.936. The maximum Gasteiger partial charge on any atom is 0.274 e. The lowest BCUT2D eigenvalue weighted by Crippen LogP contribution is -2.23. The minimum absolute atomic E-state index is 0.226. The number of methoxy groups -OCH3 is 2. The number of benzene rings is 1. The molecule has 1 fully saturated rings. The van der Waals surface area contributed by atoms with Crippen molar-refractivity contribution in [3.05, 3.63) is 34.7 Å². The lowest BCUT2D eigenvalue weighted by Gasteiger charge is -2.21.